The van der Waals surface area contributed by atoms with Crippen LogP contribution in [0.5, 0.6) is 0 Å². The largest absolute Gasteiger partial charge is 0.401 e. The van der Waals surface area contributed by atoms with Crippen molar-refractivity contribution < 1.29 is 4.79 Å². The van der Waals surface area contributed by atoms with Crippen molar-refractivity contribution in [1.82, 2.24) is 0 Å². The molecular weight excluding hydrogens is 326 g/mol. The van der Waals surface area contributed by atoms with Gasteiger partial charge in [0.05, 0.1) is 5.69 Å². The molecule has 2 rings (SSSR count). The predicted molar refractivity (Wildman–Crippen MR) is 109 cm³/mol. The van der Waals surface area contributed by atoms with Crippen molar-refractivity contribution in [3.63, 3.8) is 0 Å². The zero-order valence-corrected chi connectivity index (χ0v) is 15.3. The van der Waals surface area contributed by atoms with Gasteiger partial charge in [0, 0.05) is 23.3 Å². The van der Waals surface area contributed by atoms with E-state index in [1.165, 1.54) is 5.01 Å². The van der Waals surface area contributed by atoms with Gasteiger partial charge in [0.1, 0.15) is 0 Å². The van der Waals surface area contributed by atoms with E-state index in [9.17, 15) is 4.79 Å². The first-order valence-corrected chi connectivity index (χ1v) is 8.73. The van der Waals surface area contributed by atoms with Crippen molar-refractivity contribution in [3.05, 3.63) is 66.0 Å². The number of hydrogen-bond donors (Lipinski definition) is 4. The molecule has 0 aliphatic rings. The van der Waals surface area contributed by atoms with Crippen LogP contribution in [0.1, 0.15) is 31.7 Å². The van der Waals surface area contributed by atoms with Crippen molar-refractivity contribution in [1.29, 1.82) is 0 Å². The van der Waals surface area contributed by atoms with Gasteiger partial charge < -0.3 is 16.4 Å². The summed E-state index contributed by atoms with van der Waals surface area (Å²) in [7, 11) is 0. The molecule has 2 amide bonds. The van der Waals surface area contributed by atoms with Gasteiger partial charge >= 0.3 is 6.03 Å². The molecule has 0 unspecified atom stereocenters. The third-order valence-electron chi connectivity index (χ3n) is 3.94. The lowest BCUT2D eigenvalue weighted by atomic mass is 10.2. The van der Waals surface area contributed by atoms with Crippen molar-refractivity contribution in [2.45, 2.75) is 33.1 Å². The molecule has 6 nitrogen and oxygen atoms in total. The Morgan fingerprint density at radius 2 is 1.81 bits per heavy atom. The van der Waals surface area contributed by atoms with Gasteiger partial charge in [0.25, 0.3) is 0 Å². The molecule has 0 aliphatic heterocycles. The molecule has 0 atom stereocenters. The molecular formula is C20H27N5O. The fourth-order valence-electron chi connectivity index (χ4n) is 2.41. The van der Waals surface area contributed by atoms with Gasteiger partial charge in [-0.25, -0.2) is 10.6 Å². The first-order chi connectivity index (χ1) is 12.5. The Hall–Kier alpha value is -2.99. The minimum atomic E-state index is -0.291. The van der Waals surface area contributed by atoms with Crippen LogP contribution in [0, 0.1) is 6.92 Å². The third kappa shape index (κ3) is 5.82. The van der Waals surface area contributed by atoms with E-state index in [1.54, 1.807) is 18.3 Å². The van der Waals surface area contributed by atoms with Crippen LogP contribution in [0.4, 0.5) is 21.9 Å². The SMILES string of the molecule is CCCC/C(N)=C/N(N)c1ccc(NC(=O)Nc2ccccc2C)cc1. The molecule has 6 N–H and O–H groups in total. The van der Waals surface area contributed by atoms with E-state index >= 15 is 0 Å². The molecule has 0 heterocycles. The van der Waals surface area contributed by atoms with E-state index in [2.05, 4.69) is 17.6 Å². The molecule has 0 aromatic heterocycles. The average Bonchev–Trinajstić information content (AvgIpc) is 2.62. The number of para-hydroxylation sites is 1. The Balaban J connectivity index is 1.94. The standard InChI is InChI=1S/C20H27N5O/c1-3-4-8-16(21)14-25(22)18-12-10-17(11-13-18)23-20(26)24-19-9-6-5-7-15(19)2/h5-7,9-14H,3-4,8,21-22H2,1-2H3,(H2,23,24,26)/b16-14-. The number of benzene rings is 2. The maximum atomic E-state index is 12.1. The van der Waals surface area contributed by atoms with Crippen LogP contribution in [0.3, 0.4) is 0 Å². The molecule has 0 aliphatic carbocycles. The number of urea groups is 1. The summed E-state index contributed by atoms with van der Waals surface area (Å²) in [6.45, 7) is 4.06. The van der Waals surface area contributed by atoms with Gasteiger partial charge in [0.2, 0.25) is 0 Å². The molecule has 0 saturated heterocycles. The number of amides is 2. The molecule has 0 spiro atoms. The summed E-state index contributed by atoms with van der Waals surface area (Å²) >= 11 is 0. The van der Waals surface area contributed by atoms with Crippen molar-refractivity contribution in [2.24, 2.45) is 11.6 Å². The van der Waals surface area contributed by atoms with Crippen molar-refractivity contribution in [3.8, 4) is 0 Å². The molecule has 26 heavy (non-hydrogen) atoms. The monoisotopic (exact) mass is 353 g/mol. The molecule has 0 fully saturated rings. The number of aryl methyl sites for hydroxylation is 1. The van der Waals surface area contributed by atoms with Gasteiger partial charge in [0.15, 0.2) is 0 Å². The van der Waals surface area contributed by atoms with E-state index in [0.29, 0.717) is 5.69 Å². The number of nitrogens with two attached hydrogens (primary N) is 2. The van der Waals surface area contributed by atoms with Crippen LogP contribution < -0.4 is 27.2 Å². The van der Waals surface area contributed by atoms with E-state index in [4.69, 9.17) is 11.6 Å². The number of hydrogen-bond acceptors (Lipinski definition) is 4. The zero-order valence-electron chi connectivity index (χ0n) is 15.3. The number of unbranched alkanes of at least 4 members (excludes halogenated alkanes) is 1. The second-order valence-corrected chi connectivity index (χ2v) is 6.16. The zero-order chi connectivity index (χ0) is 18.9. The number of hydrazine groups is 1. The molecule has 6 heteroatoms. The second-order valence-electron chi connectivity index (χ2n) is 6.16. The van der Waals surface area contributed by atoms with Crippen LogP contribution in [-0.2, 0) is 0 Å². The van der Waals surface area contributed by atoms with Crippen LogP contribution in [-0.4, -0.2) is 6.03 Å². The van der Waals surface area contributed by atoms with E-state index in [1.807, 2.05) is 43.3 Å². The maximum absolute atomic E-state index is 12.1. The Morgan fingerprint density at radius 1 is 1.12 bits per heavy atom. The molecule has 0 bridgehead atoms. The lowest BCUT2D eigenvalue weighted by molar-refractivity contribution is 0.262. The number of carbonyl (C=O) groups excluding carboxylic acids is 1. The van der Waals surface area contributed by atoms with E-state index in [0.717, 1.165) is 41.9 Å². The highest BCUT2D eigenvalue weighted by Gasteiger charge is 2.05. The lowest BCUT2D eigenvalue weighted by Crippen LogP contribution is -2.26. The Labute approximate surface area is 154 Å². The molecule has 0 radical (unpaired) electrons. The normalized spacial score (nSPS) is 11.1. The second kappa shape index (κ2) is 9.48. The summed E-state index contributed by atoms with van der Waals surface area (Å²) in [6, 6.07) is 14.6. The highest BCUT2D eigenvalue weighted by Crippen LogP contribution is 2.18. The van der Waals surface area contributed by atoms with Crippen molar-refractivity contribution in [2.75, 3.05) is 15.6 Å². The average molecular weight is 353 g/mol. The topological polar surface area (TPSA) is 96.4 Å². The van der Waals surface area contributed by atoms with Gasteiger partial charge in [-0.1, -0.05) is 31.5 Å². The van der Waals surface area contributed by atoms with Gasteiger partial charge in [-0.3, -0.25) is 5.01 Å². The van der Waals surface area contributed by atoms with Gasteiger partial charge in [-0.2, -0.15) is 0 Å². The molecule has 0 saturated carbocycles. The Morgan fingerprint density at radius 3 is 2.46 bits per heavy atom. The molecule has 2 aromatic rings. The Bertz CT molecular complexity index is 755. The summed E-state index contributed by atoms with van der Waals surface area (Å²) in [4.78, 5) is 12.1. The number of allylic oxidation sites excluding steroid dienone is 1. The summed E-state index contributed by atoms with van der Waals surface area (Å²) in [6.07, 6.45) is 4.67. The van der Waals surface area contributed by atoms with E-state index in [-0.39, 0.29) is 6.03 Å². The number of carbonyl (C=O) groups is 1. The third-order valence-corrected chi connectivity index (χ3v) is 3.94. The van der Waals surface area contributed by atoms with E-state index < -0.39 is 0 Å². The Kier molecular flexibility index (Phi) is 7.05. The predicted octanol–water partition coefficient (Wildman–Crippen LogP) is 4.31. The van der Waals surface area contributed by atoms with Gasteiger partial charge in [-0.05, 0) is 55.7 Å². The smallest absolute Gasteiger partial charge is 0.323 e. The first kappa shape index (κ1) is 19.3. The minimum absolute atomic E-state index is 0.291. The number of rotatable bonds is 7. The minimum Gasteiger partial charge on any atom is -0.401 e. The summed E-state index contributed by atoms with van der Waals surface area (Å²) in [5.41, 5.74) is 9.95. The number of nitrogens with one attached hydrogen (secondary N) is 2. The van der Waals surface area contributed by atoms with Gasteiger partial charge in [-0.15, -0.1) is 0 Å². The quantitative estimate of drug-likeness (QED) is 0.440. The highest BCUT2D eigenvalue weighted by molar-refractivity contribution is 6.00. The molecule has 138 valence electrons. The number of anilines is 3. The van der Waals surface area contributed by atoms with Crippen LogP contribution >= 0.6 is 0 Å². The molecule has 2 aromatic carbocycles. The summed E-state index contributed by atoms with van der Waals surface area (Å²) in [5.74, 6) is 6.02. The lowest BCUT2D eigenvalue weighted by Gasteiger charge is -2.16. The highest BCUT2D eigenvalue weighted by atomic mass is 16.2. The fourth-order valence-corrected chi connectivity index (χ4v) is 2.41. The van der Waals surface area contributed by atoms with Crippen molar-refractivity contribution >= 4 is 23.1 Å². The van der Waals surface area contributed by atoms with Crippen LogP contribution in [0.15, 0.2) is 60.4 Å². The van der Waals surface area contributed by atoms with Crippen LogP contribution in [0.2, 0.25) is 0 Å². The van der Waals surface area contributed by atoms with Crippen LogP contribution in [0.25, 0.3) is 0 Å². The first-order valence-electron chi connectivity index (χ1n) is 8.73. The maximum Gasteiger partial charge on any atom is 0.323 e. The summed E-state index contributed by atoms with van der Waals surface area (Å²) in [5, 5.41) is 7.12. The summed E-state index contributed by atoms with van der Waals surface area (Å²) < 4.78 is 0. The fraction of sp³-hybridized carbons (Fsp3) is 0.250. The number of nitrogens with zero attached hydrogens (tertiary/aromatic N) is 1.